The number of hydrogen-bond acceptors (Lipinski definition) is 3. The van der Waals surface area contributed by atoms with E-state index in [-0.39, 0.29) is 5.91 Å². The number of aromatic nitrogens is 3. The molecule has 6 nitrogen and oxygen atoms in total. The first-order valence-corrected chi connectivity index (χ1v) is 7.93. The van der Waals surface area contributed by atoms with Crippen LogP contribution < -0.4 is 10.1 Å². The summed E-state index contributed by atoms with van der Waals surface area (Å²) in [5.41, 5.74) is 1.43. The molecule has 1 fully saturated rings. The summed E-state index contributed by atoms with van der Waals surface area (Å²) in [4.78, 5) is 12.6. The van der Waals surface area contributed by atoms with Gasteiger partial charge in [0.2, 0.25) is 0 Å². The Morgan fingerprint density at radius 1 is 1.21 bits per heavy atom. The van der Waals surface area contributed by atoms with E-state index >= 15 is 0 Å². The molecular formula is C18H18N4O2. The maximum Gasteiger partial charge on any atom is 0.256 e. The van der Waals surface area contributed by atoms with E-state index in [1.807, 2.05) is 53.4 Å². The molecule has 4 rings (SSSR count). The lowest BCUT2D eigenvalue weighted by molar-refractivity contribution is 0.0951. The first-order chi connectivity index (χ1) is 11.8. The van der Waals surface area contributed by atoms with Crippen LogP contribution >= 0.6 is 0 Å². The van der Waals surface area contributed by atoms with E-state index in [9.17, 15) is 4.79 Å². The fraction of sp³-hybridized carbons (Fsp3) is 0.222. The van der Waals surface area contributed by atoms with Crippen LogP contribution in [0.4, 0.5) is 0 Å². The van der Waals surface area contributed by atoms with E-state index in [2.05, 4.69) is 10.4 Å². The molecular weight excluding hydrogens is 304 g/mol. The van der Waals surface area contributed by atoms with Crippen molar-refractivity contribution in [3.05, 3.63) is 60.6 Å². The van der Waals surface area contributed by atoms with E-state index in [0.29, 0.717) is 11.6 Å². The second-order valence-corrected chi connectivity index (χ2v) is 5.83. The molecule has 122 valence electrons. The number of ether oxygens (including phenoxy) is 1. The van der Waals surface area contributed by atoms with E-state index in [0.717, 1.165) is 30.1 Å². The van der Waals surface area contributed by atoms with Gasteiger partial charge in [-0.05, 0) is 49.2 Å². The molecule has 0 unspecified atom stereocenters. The third-order valence-corrected chi connectivity index (χ3v) is 4.07. The number of carbonyl (C=O) groups excluding carboxylic acids is 1. The van der Waals surface area contributed by atoms with Crippen molar-refractivity contribution < 1.29 is 9.53 Å². The Morgan fingerprint density at radius 2 is 1.92 bits per heavy atom. The van der Waals surface area contributed by atoms with Crippen LogP contribution in [0, 0.1) is 0 Å². The number of hydrogen-bond donors (Lipinski definition) is 1. The molecule has 2 aromatic heterocycles. The second kappa shape index (κ2) is 5.88. The predicted molar refractivity (Wildman–Crippen MR) is 89.9 cm³/mol. The molecule has 1 saturated carbocycles. The van der Waals surface area contributed by atoms with Gasteiger partial charge in [0.15, 0.2) is 5.82 Å². The molecule has 2 heterocycles. The number of amides is 1. The summed E-state index contributed by atoms with van der Waals surface area (Å²) in [6, 6.07) is 11.7. The smallest absolute Gasteiger partial charge is 0.256 e. The molecule has 1 aromatic carbocycles. The van der Waals surface area contributed by atoms with Crippen LogP contribution in [-0.4, -0.2) is 33.4 Å². The lowest BCUT2D eigenvalue weighted by atomic mass is 10.2. The molecule has 0 radical (unpaired) electrons. The molecule has 0 spiro atoms. The minimum Gasteiger partial charge on any atom is -0.497 e. The normalized spacial score (nSPS) is 13.7. The monoisotopic (exact) mass is 322 g/mol. The lowest BCUT2D eigenvalue weighted by Crippen LogP contribution is -2.26. The highest BCUT2D eigenvalue weighted by Gasteiger charge is 2.27. The summed E-state index contributed by atoms with van der Waals surface area (Å²) < 4.78 is 8.87. The molecule has 1 aliphatic carbocycles. The second-order valence-electron chi connectivity index (χ2n) is 5.83. The predicted octanol–water partition coefficient (Wildman–Crippen LogP) is 2.56. The van der Waals surface area contributed by atoms with Gasteiger partial charge in [-0.25, -0.2) is 4.68 Å². The van der Waals surface area contributed by atoms with Crippen molar-refractivity contribution >= 4 is 5.91 Å². The molecule has 1 amide bonds. The van der Waals surface area contributed by atoms with E-state index in [1.54, 1.807) is 18.0 Å². The van der Waals surface area contributed by atoms with Crippen molar-refractivity contribution in [1.29, 1.82) is 0 Å². The molecule has 3 aromatic rings. The van der Waals surface area contributed by atoms with Crippen LogP contribution in [0.3, 0.4) is 0 Å². The Bertz CT molecular complexity index is 846. The van der Waals surface area contributed by atoms with Crippen LogP contribution in [0.25, 0.3) is 11.5 Å². The minimum absolute atomic E-state index is 0.0824. The van der Waals surface area contributed by atoms with Gasteiger partial charge in [-0.2, -0.15) is 5.10 Å². The molecule has 0 aliphatic heterocycles. The van der Waals surface area contributed by atoms with Crippen LogP contribution in [0.5, 0.6) is 5.75 Å². The molecule has 1 aliphatic rings. The van der Waals surface area contributed by atoms with Crippen molar-refractivity contribution in [2.75, 3.05) is 7.11 Å². The summed E-state index contributed by atoms with van der Waals surface area (Å²) in [5.74, 6) is 1.42. The van der Waals surface area contributed by atoms with Gasteiger partial charge in [0.05, 0.1) is 19.0 Å². The summed E-state index contributed by atoms with van der Waals surface area (Å²) in [7, 11) is 1.63. The zero-order chi connectivity index (χ0) is 16.5. The van der Waals surface area contributed by atoms with Gasteiger partial charge in [-0.15, -0.1) is 0 Å². The maximum atomic E-state index is 12.6. The van der Waals surface area contributed by atoms with E-state index in [1.165, 1.54) is 0 Å². The lowest BCUT2D eigenvalue weighted by Gasteiger charge is -2.11. The van der Waals surface area contributed by atoms with Crippen molar-refractivity contribution in [2.45, 2.75) is 18.9 Å². The number of nitrogens with zero attached hydrogens (tertiary/aromatic N) is 3. The van der Waals surface area contributed by atoms with Crippen LogP contribution in [0.1, 0.15) is 23.2 Å². The van der Waals surface area contributed by atoms with Crippen LogP contribution in [0.15, 0.2) is 55.0 Å². The zero-order valence-electron chi connectivity index (χ0n) is 13.3. The van der Waals surface area contributed by atoms with Crippen LogP contribution in [0.2, 0.25) is 0 Å². The van der Waals surface area contributed by atoms with Crippen molar-refractivity contribution in [2.24, 2.45) is 0 Å². The molecule has 6 heteroatoms. The maximum absolute atomic E-state index is 12.6. The average molecular weight is 322 g/mol. The highest BCUT2D eigenvalue weighted by atomic mass is 16.5. The Balaban J connectivity index is 1.78. The molecule has 0 atom stereocenters. The van der Waals surface area contributed by atoms with E-state index in [4.69, 9.17) is 4.74 Å². The fourth-order valence-corrected chi connectivity index (χ4v) is 2.63. The molecule has 24 heavy (non-hydrogen) atoms. The van der Waals surface area contributed by atoms with E-state index < -0.39 is 0 Å². The van der Waals surface area contributed by atoms with Crippen molar-refractivity contribution in [3.63, 3.8) is 0 Å². The Labute approximate surface area is 139 Å². The van der Waals surface area contributed by atoms with Gasteiger partial charge in [-0.1, -0.05) is 0 Å². The molecule has 0 bridgehead atoms. The standard InChI is InChI=1S/C18H18N4O2/c1-24-15-8-6-14(7-9-15)22-18(21-10-2-3-11-21)16(12-19-22)17(23)20-13-4-5-13/h2-3,6-13H,4-5H2,1H3,(H,20,23). The summed E-state index contributed by atoms with van der Waals surface area (Å²) in [6.07, 6.45) is 7.54. The quantitative estimate of drug-likeness (QED) is 0.785. The number of carbonyl (C=O) groups is 1. The van der Waals surface area contributed by atoms with Gasteiger partial charge >= 0.3 is 0 Å². The molecule has 0 saturated heterocycles. The SMILES string of the molecule is COc1ccc(-n2ncc(C(=O)NC3CC3)c2-n2cccc2)cc1. The minimum atomic E-state index is -0.0824. The third kappa shape index (κ3) is 2.67. The van der Waals surface area contributed by atoms with Crippen molar-refractivity contribution in [1.82, 2.24) is 19.7 Å². The van der Waals surface area contributed by atoms with Gasteiger partial charge in [-0.3, -0.25) is 4.79 Å². The summed E-state index contributed by atoms with van der Waals surface area (Å²) in [6.45, 7) is 0. The Kier molecular flexibility index (Phi) is 3.57. The van der Waals surface area contributed by atoms with Crippen molar-refractivity contribution in [3.8, 4) is 17.3 Å². The topological polar surface area (TPSA) is 61.1 Å². The zero-order valence-corrected chi connectivity index (χ0v) is 13.3. The highest BCUT2D eigenvalue weighted by molar-refractivity contribution is 5.97. The largest absolute Gasteiger partial charge is 0.497 e. The summed E-state index contributed by atoms with van der Waals surface area (Å²) >= 11 is 0. The number of benzene rings is 1. The first-order valence-electron chi connectivity index (χ1n) is 7.93. The van der Waals surface area contributed by atoms with Gasteiger partial charge in [0.25, 0.3) is 5.91 Å². The molecule has 1 N–H and O–H groups in total. The number of rotatable bonds is 5. The Morgan fingerprint density at radius 3 is 2.54 bits per heavy atom. The van der Waals surface area contributed by atoms with Crippen LogP contribution in [-0.2, 0) is 0 Å². The number of methoxy groups -OCH3 is 1. The first kappa shape index (κ1) is 14.6. The van der Waals surface area contributed by atoms with Gasteiger partial charge < -0.3 is 14.6 Å². The third-order valence-electron chi connectivity index (χ3n) is 4.07. The Hall–Kier alpha value is -3.02. The van der Waals surface area contributed by atoms with Gasteiger partial charge in [0, 0.05) is 18.4 Å². The van der Waals surface area contributed by atoms with Gasteiger partial charge in [0.1, 0.15) is 11.3 Å². The fourth-order valence-electron chi connectivity index (χ4n) is 2.63. The summed E-state index contributed by atoms with van der Waals surface area (Å²) in [5, 5.41) is 7.47. The average Bonchev–Trinajstić information content (AvgIpc) is 3.11. The highest BCUT2D eigenvalue weighted by Crippen LogP contribution is 2.24. The number of nitrogens with one attached hydrogen (secondary N) is 1.